The molecule has 1 aromatic carbocycles. The lowest BCUT2D eigenvalue weighted by molar-refractivity contribution is -0.122. The van der Waals surface area contributed by atoms with E-state index in [4.69, 9.17) is 0 Å². The number of fused-ring (bicyclic) bond motifs is 1. The monoisotopic (exact) mass is 298 g/mol. The Balaban J connectivity index is 1.61. The van der Waals surface area contributed by atoms with E-state index in [1.807, 2.05) is 18.2 Å². The van der Waals surface area contributed by atoms with Crippen LogP contribution in [0.5, 0.6) is 0 Å². The standard InChI is InChI=1S/C18H22N2O2/c1-12-7-9-14(10-8-12)19-17(21)11-20-13(2)15-5-3-4-6-16(15)18(20)22/h3-6,12,14H,2,7-11H2,1H3,(H,19,21). The van der Waals surface area contributed by atoms with Crippen molar-refractivity contribution in [2.75, 3.05) is 6.54 Å². The number of nitrogens with one attached hydrogen (secondary N) is 1. The molecule has 1 aromatic rings. The highest BCUT2D eigenvalue weighted by Gasteiger charge is 2.32. The Bertz CT molecular complexity index is 580. The van der Waals surface area contributed by atoms with Gasteiger partial charge in [-0.15, -0.1) is 0 Å². The zero-order valence-corrected chi connectivity index (χ0v) is 13.0. The third-order valence-corrected chi connectivity index (χ3v) is 4.72. The van der Waals surface area contributed by atoms with Gasteiger partial charge < -0.3 is 5.32 Å². The molecular formula is C18H22N2O2. The highest BCUT2D eigenvalue weighted by atomic mass is 16.2. The fourth-order valence-electron chi connectivity index (χ4n) is 3.32. The molecule has 1 saturated carbocycles. The zero-order valence-electron chi connectivity index (χ0n) is 13.0. The second-order valence-corrected chi connectivity index (χ2v) is 6.41. The maximum absolute atomic E-state index is 12.4. The molecule has 1 fully saturated rings. The van der Waals surface area contributed by atoms with Crippen molar-refractivity contribution in [2.24, 2.45) is 5.92 Å². The molecule has 22 heavy (non-hydrogen) atoms. The number of amides is 2. The van der Waals surface area contributed by atoms with Crippen LogP contribution in [-0.2, 0) is 4.79 Å². The highest BCUT2D eigenvalue weighted by Crippen LogP contribution is 2.30. The Morgan fingerprint density at radius 3 is 2.50 bits per heavy atom. The van der Waals surface area contributed by atoms with Gasteiger partial charge in [-0.05, 0) is 37.7 Å². The minimum absolute atomic E-state index is 0.0540. The molecular weight excluding hydrogens is 276 g/mol. The Morgan fingerprint density at radius 2 is 1.86 bits per heavy atom. The first-order chi connectivity index (χ1) is 10.6. The maximum atomic E-state index is 12.4. The predicted octanol–water partition coefficient (Wildman–Crippen LogP) is 2.81. The SMILES string of the molecule is C=C1c2ccccc2C(=O)N1CC(=O)NC1CCC(C)CC1. The molecule has 0 unspecified atom stereocenters. The molecule has 0 spiro atoms. The molecule has 0 aromatic heterocycles. The second kappa shape index (κ2) is 5.95. The van der Waals surface area contributed by atoms with Gasteiger partial charge in [0.1, 0.15) is 6.54 Å². The lowest BCUT2D eigenvalue weighted by Gasteiger charge is -2.27. The van der Waals surface area contributed by atoms with Crippen molar-refractivity contribution in [2.45, 2.75) is 38.6 Å². The van der Waals surface area contributed by atoms with Crippen molar-refractivity contribution >= 4 is 17.5 Å². The van der Waals surface area contributed by atoms with Crippen molar-refractivity contribution in [3.05, 3.63) is 42.0 Å². The summed E-state index contributed by atoms with van der Waals surface area (Å²) in [5.41, 5.74) is 2.08. The van der Waals surface area contributed by atoms with E-state index in [1.165, 1.54) is 4.90 Å². The zero-order chi connectivity index (χ0) is 15.7. The Hall–Kier alpha value is -2.10. The molecule has 0 atom stereocenters. The van der Waals surface area contributed by atoms with Crippen molar-refractivity contribution in [1.82, 2.24) is 10.2 Å². The Morgan fingerprint density at radius 1 is 1.23 bits per heavy atom. The van der Waals surface area contributed by atoms with Gasteiger partial charge >= 0.3 is 0 Å². The summed E-state index contributed by atoms with van der Waals surface area (Å²) in [6.45, 7) is 6.27. The second-order valence-electron chi connectivity index (χ2n) is 6.41. The summed E-state index contributed by atoms with van der Waals surface area (Å²) < 4.78 is 0. The molecule has 116 valence electrons. The van der Waals surface area contributed by atoms with Crippen LogP contribution in [0.1, 0.15) is 48.5 Å². The van der Waals surface area contributed by atoms with Gasteiger partial charge in [-0.25, -0.2) is 0 Å². The van der Waals surface area contributed by atoms with E-state index in [0.717, 1.165) is 37.2 Å². The molecule has 1 N–H and O–H groups in total. The maximum Gasteiger partial charge on any atom is 0.259 e. The number of benzene rings is 1. The fourth-order valence-corrected chi connectivity index (χ4v) is 3.32. The van der Waals surface area contributed by atoms with Crippen LogP contribution in [0.2, 0.25) is 0 Å². The van der Waals surface area contributed by atoms with Gasteiger partial charge in [0.25, 0.3) is 5.91 Å². The average molecular weight is 298 g/mol. The minimum atomic E-state index is -0.131. The molecule has 0 radical (unpaired) electrons. The molecule has 2 aliphatic rings. The van der Waals surface area contributed by atoms with Crippen molar-refractivity contribution in [1.29, 1.82) is 0 Å². The topological polar surface area (TPSA) is 49.4 Å². The third kappa shape index (κ3) is 2.78. The van der Waals surface area contributed by atoms with E-state index in [2.05, 4.69) is 18.8 Å². The van der Waals surface area contributed by atoms with Gasteiger partial charge in [0.15, 0.2) is 0 Å². The van der Waals surface area contributed by atoms with Gasteiger partial charge in [0.2, 0.25) is 5.91 Å². The summed E-state index contributed by atoms with van der Waals surface area (Å²) in [4.78, 5) is 26.1. The fraction of sp³-hybridized carbons (Fsp3) is 0.444. The van der Waals surface area contributed by atoms with Crippen molar-refractivity contribution < 1.29 is 9.59 Å². The van der Waals surface area contributed by atoms with Crippen LogP contribution in [0.25, 0.3) is 5.70 Å². The molecule has 4 nitrogen and oxygen atoms in total. The molecule has 1 heterocycles. The highest BCUT2D eigenvalue weighted by molar-refractivity contribution is 6.10. The summed E-state index contributed by atoms with van der Waals surface area (Å²) in [5.74, 6) is 0.525. The van der Waals surface area contributed by atoms with Crippen LogP contribution in [0.4, 0.5) is 0 Å². The summed E-state index contributed by atoms with van der Waals surface area (Å²) in [6, 6.07) is 7.61. The van der Waals surface area contributed by atoms with Crippen molar-refractivity contribution in [3.63, 3.8) is 0 Å². The summed E-state index contributed by atoms with van der Waals surface area (Å²) in [5, 5.41) is 3.06. The van der Waals surface area contributed by atoms with Gasteiger partial charge in [-0.1, -0.05) is 31.7 Å². The molecule has 0 bridgehead atoms. The lowest BCUT2D eigenvalue weighted by Crippen LogP contribution is -2.43. The number of hydrogen-bond donors (Lipinski definition) is 1. The molecule has 1 aliphatic carbocycles. The number of rotatable bonds is 3. The van der Waals surface area contributed by atoms with Gasteiger partial charge in [-0.3, -0.25) is 14.5 Å². The smallest absolute Gasteiger partial charge is 0.259 e. The average Bonchev–Trinajstić information content (AvgIpc) is 2.75. The van der Waals surface area contributed by atoms with E-state index < -0.39 is 0 Å². The van der Waals surface area contributed by atoms with Crippen LogP contribution >= 0.6 is 0 Å². The van der Waals surface area contributed by atoms with E-state index in [1.54, 1.807) is 6.07 Å². The summed E-state index contributed by atoms with van der Waals surface area (Å²) in [7, 11) is 0. The molecule has 4 heteroatoms. The van der Waals surface area contributed by atoms with Crippen LogP contribution in [0.3, 0.4) is 0 Å². The van der Waals surface area contributed by atoms with Crippen LogP contribution in [0, 0.1) is 5.92 Å². The van der Waals surface area contributed by atoms with Crippen LogP contribution in [-0.4, -0.2) is 29.3 Å². The number of nitrogens with zero attached hydrogens (tertiary/aromatic N) is 1. The number of hydrogen-bond acceptors (Lipinski definition) is 2. The van der Waals surface area contributed by atoms with Gasteiger partial charge in [-0.2, -0.15) is 0 Å². The Kier molecular flexibility index (Phi) is 4.01. The molecule has 3 rings (SSSR count). The largest absolute Gasteiger partial charge is 0.352 e. The first-order valence-corrected chi connectivity index (χ1v) is 7.96. The summed E-state index contributed by atoms with van der Waals surface area (Å²) >= 11 is 0. The molecule has 1 aliphatic heterocycles. The van der Waals surface area contributed by atoms with E-state index >= 15 is 0 Å². The molecule has 0 saturated heterocycles. The van der Waals surface area contributed by atoms with E-state index in [0.29, 0.717) is 11.3 Å². The molecule has 2 amide bonds. The normalized spacial score (nSPS) is 24.3. The Labute approximate surface area is 131 Å². The first kappa shape index (κ1) is 14.8. The van der Waals surface area contributed by atoms with Gasteiger partial charge in [0, 0.05) is 22.9 Å². The number of carbonyl (C=O) groups excluding carboxylic acids is 2. The van der Waals surface area contributed by atoms with E-state index in [-0.39, 0.29) is 24.4 Å². The van der Waals surface area contributed by atoms with Crippen LogP contribution in [0.15, 0.2) is 30.8 Å². The number of carbonyl (C=O) groups is 2. The van der Waals surface area contributed by atoms with Gasteiger partial charge in [0.05, 0.1) is 0 Å². The third-order valence-electron chi connectivity index (χ3n) is 4.72. The first-order valence-electron chi connectivity index (χ1n) is 7.96. The predicted molar refractivity (Wildman–Crippen MR) is 86.1 cm³/mol. The lowest BCUT2D eigenvalue weighted by atomic mass is 9.87. The minimum Gasteiger partial charge on any atom is -0.352 e. The van der Waals surface area contributed by atoms with Crippen LogP contribution < -0.4 is 5.32 Å². The summed E-state index contributed by atoms with van der Waals surface area (Å²) in [6.07, 6.45) is 4.38. The quantitative estimate of drug-likeness (QED) is 0.933. The van der Waals surface area contributed by atoms with E-state index in [9.17, 15) is 9.59 Å². The van der Waals surface area contributed by atoms with Crippen molar-refractivity contribution in [3.8, 4) is 0 Å².